The van der Waals surface area contributed by atoms with Gasteiger partial charge in [0.25, 0.3) is 0 Å². The molecule has 14 heavy (non-hydrogen) atoms. The van der Waals surface area contributed by atoms with Crippen LogP contribution in [0, 0.1) is 0 Å². The van der Waals surface area contributed by atoms with Crippen molar-refractivity contribution in [1.29, 1.82) is 0 Å². The summed E-state index contributed by atoms with van der Waals surface area (Å²) in [4.78, 5) is 0.556. The maximum Gasteiger partial charge on any atom is 0.138 e. The standard InChI is InChI=1S/C9H10N2OS2/c1-12-7-4-2-6(3-5-7)11-9(14)8(10)13/h2-5H,1H3,(H2,10,13)(H,11,14). The Kier molecular flexibility index (Phi) is 3.79. The Morgan fingerprint density at radius 2 is 1.86 bits per heavy atom. The van der Waals surface area contributed by atoms with E-state index in [0.29, 0.717) is 4.99 Å². The van der Waals surface area contributed by atoms with Crippen molar-refractivity contribution in [3.8, 4) is 5.75 Å². The second kappa shape index (κ2) is 4.88. The molecule has 0 aliphatic heterocycles. The molecule has 0 aliphatic carbocycles. The fourth-order valence-electron chi connectivity index (χ4n) is 0.867. The van der Waals surface area contributed by atoms with Crippen molar-refractivity contribution in [2.24, 2.45) is 5.73 Å². The number of ether oxygens (including phenoxy) is 1. The summed E-state index contributed by atoms with van der Waals surface area (Å²) in [5.41, 5.74) is 6.18. The van der Waals surface area contributed by atoms with E-state index in [1.54, 1.807) is 7.11 Å². The molecule has 3 nitrogen and oxygen atoms in total. The van der Waals surface area contributed by atoms with Gasteiger partial charge in [0.1, 0.15) is 15.7 Å². The van der Waals surface area contributed by atoms with Gasteiger partial charge >= 0.3 is 0 Å². The highest BCUT2D eigenvalue weighted by atomic mass is 32.1. The SMILES string of the molecule is COc1ccc(NC(=S)C(N)=S)cc1. The number of hydrogen-bond donors (Lipinski definition) is 2. The monoisotopic (exact) mass is 226 g/mol. The molecule has 0 radical (unpaired) electrons. The highest BCUT2D eigenvalue weighted by Crippen LogP contribution is 2.14. The van der Waals surface area contributed by atoms with Crippen LogP contribution in [0.1, 0.15) is 0 Å². The first-order chi connectivity index (χ1) is 6.63. The van der Waals surface area contributed by atoms with Gasteiger partial charge in [-0.25, -0.2) is 0 Å². The highest BCUT2D eigenvalue weighted by Gasteiger charge is 2.00. The summed E-state index contributed by atoms with van der Waals surface area (Å²) in [6.45, 7) is 0. The van der Waals surface area contributed by atoms with Crippen LogP contribution in [0.3, 0.4) is 0 Å². The van der Waals surface area contributed by atoms with Gasteiger partial charge in [0, 0.05) is 5.69 Å². The molecule has 0 aromatic heterocycles. The van der Waals surface area contributed by atoms with Crippen LogP contribution >= 0.6 is 24.4 Å². The van der Waals surface area contributed by atoms with E-state index in [1.807, 2.05) is 24.3 Å². The predicted molar refractivity (Wildman–Crippen MR) is 66.0 cm³/mol. The summed E-state index contributed by atoms with van der Waals surface area (Å²) >= 11 is 9.63. The molecule has 0 bridgehead atoms. The van der Waals surface area contributed by atoms with Crippen LogP contribution in [0.15, 0.2) is 24.3 Å². The summed E-state index contributed by atoms with van der Waals surface area (Å²) in [5.74, 6) is 0.789. The lowest BCUT2D eigenvalue weighted by molar-refractivity contribution is 0.415. The van der Waals surface area contributed by atoms with Gasteiger partial charge in [0.15, 0.2) is 0 Å². The first kappa shape index (κ1) is 10.9. The van der Waals surface area contributed by atoms with E-state index in [9.17, 15) is 0 Å². The molecule has 0 saturated carbocycles. The maximum atomic E-state index is 5.34. The van der Waals surface area contributed by atoms with Crippen LogP contribution in [0.4, 0.5) is 5.69 Å². The minimum atomic E-state index is 0.191. The zero-order valence-corrected chi connectivity index (χ0v) is 9.24. The van der Waals surface area contributed by atoms with E-state index >= 15 is 0 Å². The van der Waals surface area contributed by atoms with E-state index in [2.05, 4.69) is 5.32 Å². The normalized spacial score (nSPS) is 9.21. The Hall–Kier alpha value is -1.20. The Balaban J connectivity index is 2.69. The third kappa shape index (κ3) is 2.93. The van der Waals surface area contributed by atoms with Crippen LogP contribution in [0.2, 0.25) is 0 Å². The maximum absolute atomic E-state index is 5.34. The van der Waals surface area contributed by atoms with Gasteiger partial charge in [-0.3, -0.25) is 0 Å². The number of rotatable bonds is 2. The van der Waals surface area contributed by atoms with Gasteiger partial charge in [0.2, 0.25) is 0 Å². The van der Waals surface area contributed by atoms with Crippen molar-refractivity contribution >= 4 is 40.1 Å². The Morgan fingerprint density at radius 3 is 2.29 bits per heavy atom. The van der Waals surface area contributed by atoms with Crippen molar-refractivity contribution in [1.82, 2.24) is 0 Å². The number of benzene rings is 1. The Bertz CT molecular complexity index is 348. The molecule has 0 amide bonds. The molecule has 0 atom stereocenters. The number of anilines is 1. The largest absolute Gasteiger partial charge is 0.497 e. The van der Waals surface area contributed by atoms with Gasteiger partial charge < -0.3 is 15.8 Å². The molecule has 1 aromatic carbocycles. The van der Waals surface area contributed by atoms with Crippen molar-refractivity contribution < 1.29 is 4.74 Å². The fourth-order valence-corrected chi connectivity index (χ4v) is 1.04. The van der Waals surface area contributed by atoms with Crippen LogP contribution < -0.4 is 15.8 Å². The zero-order valence-electron chi connectivity index (χ0n) is 7.61. The molecule has 0 aliphatic rings. The average molecular weight is 226 g/mol. The first-order valence-electron chi connectivity index (χ1n) is 3.88. The fraction of sp³-hybridized carbons (Fsp3) is 0.111. The van der Waals surface area contributed by atoms with Crippen molar-refractivity contribution in [3.63, 3.8) is 0 Å². The first-order valence-corrected chi connectivity index (χ1v) is 4.70. The second-order valence-electron chi connectivity index (χ2n) is 2.55. The van der Waals surface area contributed by atoms with Gasteiger partial charge in [-0.15, -0.1) is 0 Å². The summed E-state index contributed by atoms with van der Waals surface area (Å²) in [5, 5.41) is 2.90. The highest BCUT2D eigenvalue weighted by molar-refractivity contribution is 7.89. The van der Waals surface area contributed by atoms with Gasteiger partial charge in [-0.05, 0) is 24.3 Å². The van der Waals surface area contributed by atoms with Crippen molar-refractivity contribution in [3.05, 3.63) is 24.3 Å². The molecular formula is C9H10N2OS2. The number of hydrogen-bond acceptors (Lipinski definition) is 3. The molecule has 0 fully saturated rings. The molecule has 1 rings (SSSR count). The van der Waals surface area contributed by atoms with Crippen molar-refractivity contribution in [2.45, 2.75) is 0 Å². The third-order valence-corrected chi connectivity index (χ3v) is 2.23. The predicted octanol–water partition coefficient (Wildman–Crippen LogP) is 1.72. The topological polar surface area (TPSA) is 47.3 Å². The van der Waals surface area contributed by atoms with E-state index in [4.69, 9.17) is 34.9 Å². The lowest BCUT2D eigenvalue weighted by atomic mass is 10.3. The smallest absolute Gasteiger partial charge is 0.138 e. The van der Waals surface area contributed by atoms with Gasteiger partial charge in [-0.2, -0.15) is 0 Å². The van der Waals surface area contributed by atoms with Crippen LogP contribution in [-0.4, -0.2) is 17.1 Å². The molecule has 0 heterocycles. The molecule has 0 unspecified atom stereocenters. The Labute approximate surface area is 93.2 Å². The molecule has 0 saturated heterocycles. The van der Waals surface area contributed by atoms with E-state index in [1.165, 1.54) is 0 Å². The average Bonchev–Trinajstić information content (AvgIpc) is 2.19. The molecular weight excluding hydrogens is 216 g/mol. The third-order valence-electron chi connectivity index (χ3n) is 1.57. The van der Waals surface area contributed by atoms with Crippen molar-refractivity contribution in [2.75, 3.05) is 12.4 Å². The minimum Gasteiger partial charge on any atom is -0.497 e. The number of nitrogens with two attached hydrogens (primary N) is 1. The molecule has 5 heteroatoms. The van der Waals surface area contributed by atoms with Crippen LogP contribution in [-0.2, 0) is 0 Å². The quantitative estimate of drug-likeness (QED) is 0.752. The van der Waals surface area contributed by atoms with Gasteiger partial charge in [-0.1, -0.05) is 24.4 Å². The van der Waals surface area contributed by atoms with Crippen LogP contribution in [0.5, 0.6) is 5.75 Å². The van der Waals surface area contributed by atoms with E-state index in [-0.39, 0.29) is 4.99 Å². The zero-order chi connectivity index (χ0) is 10.6. The summed E-state index contributed by atoms with van der Waals surface area (Å²) in [7, 11) is 1.61. The lowest BCUT2D eigenvalue weighted by Gasteiger charge is -2.06. The molecule has 3 N–H and O–H groups in total. The molecule has 1 aromatic rings. The second-order valence-corrected chi connectivity index (χ2v) is 3.39. The summed E-state index contributed by atoms with van der Waals surface area (Å²) in [6.07, 6.45) is 0. The number of methoxy groups -OCH3 is 1. The summed E-state index contributed by atoms with van der Waals surface area (Å²) < 4.78 is 5.01. The minimum absolute atomic E-state index is 0.191. The lowest BCUT2D eigenvalue weighted by Crippen LogP contribution is -2.25. The molecule has 74 valence electrons. The molecule has 0 spiro atoms. The van der Waals surface area contributed by atoms with E-state index in [0.717, 1.165) is 11.4 Å². The number of nitrogens with one attached hydrogen (secondary N) is 1. The van der Waals surface area contributed by atoms with Crippen LogP contribution in [0.25, 0.3) is 0 Å². The Morgan fingerprint density at radius 1 is 1.29 bits per heavy atom. The van der Waals surface area contributed by atoms with E-state index < -0.39 is 0 Å². The summed E-state index contributed by atoms with van der Waals surface area (Å²) in [6, 6.07) is 7.32. The van der Waals surface area contributed by atoms with Gasteiger partial charge in [0.05, 0.1) is 7.11 Å². The number of thiocarbonyl (C=S) groups is 2.